The Morgan fingerprint density at radius 1 is 1.31 bits per heavy atom. The Morgan fingerprint density at radius 3 is 3.15 bits per heavy atom. The second kappa shape index (κ2) is 3.99. The maximum absolute atomic E-state index is 5.85. The van der Waals surface area contributed by atoms with Crippen LogP contribution in [-0.4, -0.2) is 6.10 Å². The molecule has 0 radical (unpaired) electrons. The Hall–Kier alpha value is -0.720. The van der Waals surface area contributed by atoms with Crippen molar-refractivity contribution in [2.45, 2.75) is 51.6 Å². The van der Waals surface area contributed by atoms with Crippen molar-refractivity contribution in [1.82, 2.24) is 0 Å². The largest absolute Gasteiger partial charge is 0.495 e. The van der Waals surface area contributed by atoms with Gasteiger partial charge in [-0.05, 0) is 44.6 Å². The van der Waals surface area contributed by atoms with E-state index in [4.69, 9.17) is 4.74 Å². The molecule has 1 heteroatoms. The predicted molar refractivity (Wildman–Crippen MR) is 54.4 cm³/mol. The van der Waals surface area contributed by atoms with E-state index in [2.05, 4.69) is 19.1 Å². The number of ether oxygens (including phenoxy) is 1. The Bertz CT molecular complexity index is 238. The number of hydrogen-bond donors (Lipinski definition) is 0. The minimum Gasteiger partial charge on any atom is -0.495 e. The average Bonchev–Trinajstić information content (AvgIpc) is 2.08. The van der Waals surface area contributed by atoms with Crippen LogP contribution in [0.3, 0.4) is 0 Å². The number of rotatable bonds is 0. The zero-order valence-electron chi connectivity index (χ0n) is 8.38. The molecular weight excluding hydrogens is 160 g/mol. The highest BCUT2D eigenvalue weighted by Gasteiger charge is 2.18. The molecule has 2 aliphatic rings. The van der Waals surface area contributed by atoms with Gasteiger partial charge in [0.05, 0.1) is 11.9 Å². The second-order valence-electron chi connectivity index (χ2n) is 4.06. The zero-order chi connectivity index (χ0) is 9.10. The molecule has 2 rings (SSSR count). The van der Waals surface area contributed by atoms with Gasteiger partial charge in [-0.1, -0.05) is 12.2 Å². The molecule has 1 nitrogen and oxygen atoms in total. The Labute approximate surface area is 80.5 Å². The highest BCUT2D eigenvalue weighted by atomic mass is 16.5. The van der Waals surface area contributed by atoms with E-state index in [1.54, 1.807) is 5.57 Å². The molecule has 0 N–H and O–H groups in total. The van der Waals surface area contributed by atoms with E-state index in [-0.39, 0.29) is 0 Å². The third kappa shape index (κ3) is 2.15. The maximum Gasteiger partial charge on any atom is 0.0993 e. The summed E-state index contributed by atoms with van der Waals surface area (Å²) in [6, 6.07) is 0. The molecule has 1 aliphatic heterocycles. The Morgan fingerprint density at radius 2 is 2.23 bits per heavy atom. The van der Waals surface area contributed by atoms with Crippen LogP contribution in [0.4, 0.5) is 0 Å². The minimum atomic E-state index is 0.437. The Kier molecular flexibility index (Phi) is 2.72. The van der Waals surface area contributed by atoms with Gasteiger partial charge >= 0.3 is 0 Å². The van der Waals surface area contributed by atoms with Crippen LogP contribution >= 0.6 is 0 Å². The third-order valence-corrected chi connectivity index (χ3v) is 2.91. The average molecular weight is 178 g/mol. The summed E-state index contributed by atoms with van der Waals surface area (Å²) in [5, 5.41) is 0. The molecule has 1 aliphatic carbocycles. The van der Waals surface area contributed by atoms with Crippen LogP contribution in [0.25, 0.3) is 0 Å². The lowest BCUT2D eigenvalue weighted by molar-refractivity contribution is 0.101. The molecule has 0 spiro atoms. The number of allylic oxidation sites excluding steroid dienone is 3. The first-order chi connectivity index (χ1) is 6.36. The normalized spacial score (nSPS) is 31.3. The molecule has 1 heterocycles. The van der Waals surface area contributed by atoms with E-state index in [1.807, 2.05) is 0 Å². The van der Waals surface area contributed by atoms with Gasteiger partial charge in [-0.3, -0.25) is 0 Å². The molecule has 0 saturated heterocycles. The number of hydrogen-bond acceptors (Lipinski definition) is 1. The van der Waals surface area contributed by atoms with E-state index in [1.165, 1.54) is 37.9 Å². The maximum atomic E-state index is 5.85. The third-order valence-electron chi connectivity index (χ3n) is 2.91. The first-order valence-electron chi connectivity index (χ1n) is 5.39. The van der Waals surface area contributed by atoms with Crippen LogP contribution in [-0.2, 0) is 4.74 Å². The van der Waals surface area contributed by atoms with Gasteiger partial charge in [0.2, 0.25) is 0 Å². The smallest absolute Gasteiger partial charge is 0.0993 e. The van der Waals surface area contributed by atoms with Crippen LogP contribution in [0.5, 0.6) is 0 Å². The summed E-state index contributed by atoms with van der Waals surface area (Å²) >= 11 is 0. The zero-order valence-corrected chi connectivity index (χ0v) is 8.38. The van der Waals surface area contributed by atoms with E-state index >= 15 is 0 Å². The van der Waals surface area contributed by atoms with Crippen molar-refractivity contribution in [3.8, 4) is 0 Å². The van der Waals surface area contributed by atoms with Crippen molar-refractivity contribution in [3.63, 3.8) is 0 Å². The van der Waals surface area contributed by atoms with Gasteiger partial charge in [-0.2, -0.15) is 0 Å². The molecule has 0 aromatic carbocycles. The molecule has 0 amide bonds. The molecule has 72 valence electrons. The molecule has 0 aromatic heterocycles. The van der Waals surface area contributed by atoms with Crippen LogP contribution in [0.15, 0.2) is 23.5 Å². The van der Waals surface area contributed by atoms with E-state index in [0.717, 1.165) is 6.42 Å². The summed E-state index contributed by atoms with van der Waals surface area (Å²) in [7, 11) is 0. The highest BCUT2D eigenvalue weighted by Crippen LogP contribution is 2.30. The molecule has 1 atom stereocenters. The summed E-state index contributed by atoms with van der Waals surface area (Å²) in [6.07, 6.45) is 12.3. The predicted octanol–water partition coefficient (Wildman–Crippen LogP) is 3.57. The minimum absolute atomic E-state index is 0.437. The molecule has 0 aromatic rings. The van der Waals surface area contributed by atoms with Gasteiger partial charge in [-0.25, -0.2) is 0 Å². The van der Waals surface area contributed by atoms with Crippen molar-refractivity contribution in [2.24, 2.45) is 0 Å². The summed E-state index contributed by atoms with van der Waals surface area (Å²) in [5.41, 5.74) is 1.59. The van der Waals surface area contributed by atoms with Crippen molar-refractivity contribution >= 4 is 0 Å². The van der Waals surface area contributed by atoms with Crippen LogP contribution < -0.4 is 0 Å². The summed E-state index contributed by atoms with van der Waals surface area (Å²) in [5.74, 6) is 1.27. The summed E-state index contributed by atoms with van der Waals surface area (Å²) < 4.78 is 5.85. The van der Waals surface area contributed by atoms with Gasteiger partial charge in [-0.15, -0.1) is 0 Å². The first kappa shape index (κ1) is 8.86. The van der Waals surface area contributed by atoms with Crippen LogP contribution in [0.2, 0.25) is 0 Å². The van der Waals surface area contributed by atoms with E-state index in [0.29, 0.717) is 6.10 Å². The fourth-order valence-electron chi connectivity index (χ4n) is 2.10. The fraction of sp³-hybridized carbons (Fsp3) is 0.667. The van der Waals surface area contributed by atoms with E-state index in [9.17, 15) is 0 Å². The molecule has 0 bridgehead atoms. The van der Waals surface area contributed by atoms with Gasteiger partial charge in [0.1, 0.15) is 0 Å². The van der Waals surface area contributed by atoms with Gasteiger partial charge in [0.25, 0.3) is 0 Å². The van der Waals surface area contributed by atoms with Crippen molar-refractivity contribution in [1.29, 1.82) is 0 Å². The Balaban J connectivity index is 2.12. The van der Waals surface area contributed by atoms with Gasteiger partial charge in [0.15, 0.2) is 0 Å². The standard InChI is InChI=1S/C12H18O/c1-10-8-9-11-6-4-2-3-5-7-12(11)13-10/h3,5,10H,2,4,6-9H2,1H3/b5-3-. The van der Waals surface area contributed by atoms with Crippen molar-refractivity contribution < 1.29 is 4.74 Å². The summed E-state index contributed by atoms with van der Waals surface area (Å²) in [4.78, 5) is 0. The highest BCUT2D eigenvalue weighted by molar-refractivity contribution is 5.16. The molecule has 13 heavy (non-hydrogen) atoms. The lowest BCUT2D eigenvalue weighted by atomic mass is 9.95. The molecular formula is C12H18O. The van der Waals surface area contributed by atoms with Crippen molar-refractivity contribution in [3.05, 3.63) is 23.5 Å². The molecule has 1 unspecified atom stereocenters. The van der Waals surface area contributed by atoms with Crippen LogP contribution in [0, 0.1) is 0 Å². The summed E-state index contributed by atoms with van der Waals surface area (Å²) in [6.45, 7) is 2.17. The monoisotopic (exact) mass is 178 g/mol. The quantitative estimate of drug-likeness (QED) is 0.515. The topological polar surface area (TPSA) is 9.23 Å². The lowest BCUT2D eigenvalue weighted by Gasteiger charge is -2.26. The van der Waals surface area contributed by atoms with Gasteiger partial charge < -0.3 is 4.74 Å². The fourth-order valence-corrected chi connectivity index (χ4v) is 2.10. The van der Waals surface area contributed by atoms with Crippen LogP contribution in [0.1, 0.15) is 45.4 Å². The second-order valence-corrected chi connectivity index (χ2v) is 4.06. The SMILES string of the molecule is CC1CCC2=C(C/C=C\CCC2)O1. The molecule has 0 fully saturated rings. The molecule has 0 saturated carbocycles. The lowest BCUT2D eigenvalue weighted by Crippen LogP contribution is -2.15. The van der Waals surface area contributed by atoms with Crippen molar-refractivity contribution in [2.75, 3.05) is 0 Å². The van der Waals surface area contributed by atoms with E-state index < -0.39 is 0 Å². The first-order valence-corrected chi connectivity index (χ1v) is 5.39. The van der Waals surface area contributed by atoms with Gasteiger partial charge in [0, 0.05) is 6.42 Å².